The van der Waals surface area contributed by atoms with Gasteiger partial charge < -0.3 is 4.42 Å². The lowest BCUT2D eigenvalue weighted by Crippen LogP contribution is -2.01. The van der Waals surface area contributed by atoms with Gasteiger partial charge in [-0.1, -0.05) is 6.92 Å². The van der Waals surface area contributed by atoms with Crippen molar-refractivity contribution < 1.29 is 4.42 Å². The van der Waals surface area contributed by atoms with Gasteiger partial charge in [-0.05, 0) is 31.6 Å². The first-order valence-corrected chi connectivity index (χ1v) is 5.22. The molecule has 0 spiro atoms. The van der Waals surface area contributed by atoms with Crippen molar-refractivity contribution >= 4 is 12.2 Å². The lowest BCUT2D eigenvalue weighted by Gasteiger charge is -2.00. The Labute approximate surface area is 92.1 Å². The number of aryl methyl sites for hydroxylation is 2. The van der Waals surface area contributed by atoms with Gasteiger partial charge in [0, 0.05) is 6.54 Å². The maximum Gasteiger partial charge on any atom is 0.284 e. The van der Waals surface area contributed by atoms with E-state index >= 15 is 0 Å². The molecular formula is C9H12N4OS. The fourth-order valence-corrected chi connectivity index (χ4v) is 1.56. The molecule has 2 rings (SSSR count). The van der Waals surface area contributed by atoms with Crippen LogP contribution in [0, 0.1) is 11.8 Å². The van der Waals surface area contributed by atoms with Crippen LogP contribution in [0.1, 0.15) is 19.0 Å². The summed E-state index contributed by atoms with van der Waals surface area (Å²) in [6.45, 7) is 4.89. The highest BCUT2D eigenvalue weighted by atomic mass is 32.1. The maximum absolute atomic E-state index is 5.26. The van der Waals surface area contributed by atoms with Gasteiger partial charge in [-0.3, -0.25) is 4.68 Å². The molecule has 0 saturated carbocycles. The summed E-state index contributed by atoms with van der Waals surface area (Å²) in [4.78, 5) is 0.284. The quantitative estimate of drug-likeness (QED) is 0.813. The molecule has 0 aliphatic heterocycles. The molecule has 2 heterocycles. The van der Waals surface area contributed by atoms with Crippen LogP contribution in [0.3, 0.4) is 0 Å². The standard InChI is InChI=1S/C9H12N4OS/c1-3-4-13-7(5-6(2)12-13)8-10-11-9(15)14-8/h5H,3-4H2,1-2H3,(H,11,15). The molecule has 80 valence electrons. The van der Waals surface area contributed by atoms with E-state index in [2.05, 4.69) is 22.2 Å². The summed E-state index contributed by atoms with van der Waals surface area (Å²) in [5.41, 5.74) is 1.81. The van der Waals surface area contributed by atoms with Gasteiger partial charge in [0.15, 0.2) is 0 Å². The maximum atomic E-state index is 5.26. The van der Waals surface area contributed by atoms with Crippen LogP contribution >= 0.6 is 12.2 Å². The number of hydrogen-bond donors (Lipinski definition) is 1. The van der Waals surface area contributed by atoms with Crippen molar-refractivity contribution in [1.82, 2.24) is 20.0 Å². The topological polar surface area (TPSA) is 59.6 Å². The Kier molecular flexibility index (Phi) is 2.68. The summed E-state index contributed by atoms with van der Waals surface area (Å²) < 4.78 is 7.14. The third-order valence-corrected chi connectivity index (χ3v) is 2.17. The van der Waals surface area contributed by atoms with Gasteiger partial charge in [0.2, 0.25) is 0 Å². The highest BCUT2D eigenvalue weighted by molar-refractivity contribution is 7.71. The van der Waals surface area contributed by atoms with Crippen LogP contribution in [0.2, 0.25) is 0 Å². The zero-order chi connectivity index (χ0) is 10.8. The Balaban J connectivity index is 2.46. The Bertz CT molecular complexity index is 510. The molecule has 0 fully saturated rings. The number of aromatic nitrogens is 4. The van der Waals surface area contributed by atoms with Crippen LogP contribution in [-0.2, 0) is 6.54 Å². The van der Waals surface area contributed by atoms with Gasteiger partial charge in [0.25, 0.3) is 10.7 Å². The summed E-state index contributed by atoms with van der Waals surface area (Å²) >= 11 is 4.83. The predicted molar refractivity (Wildman–Crippen MR) is 57.9 cm³/mol. The molecule has 0 aliphatic rings. The van der Waals surface area contributed by atoms with Crippen LogP contribution in [-0.4, -0.2) is 20.0 Å². The summed E-state index contributed by atoms with van der Waals surface area (Å²) in [6.07, 6.45) is 1.01. The van der Waals surface area contributed by atoms with E-state index in [0.29, 0.717) is 5.89 Å². The SMILES string of the molecule is CCCn1nc(C)cc1-c1n[nH]c(=S)o1. The van der Waals surface area contributed by atoms with Crippen molar-refractivity contribution in [2.24, 2.45) is 0 Å². The van der Waals surface area contributed by atoms with Crippen LogP contribution in [0.4, 0.5) is 0 Å². The van der Waals surface area contributed by atoms with Gasteiger partial charge in [-0.2, -0.15) is 5.10 Å². The van der Waals surface area contributed by atoms with E-state index in [1.165, 1.54) is 0 Å². The van der Waals surface area contributed by atoms with Crippen LogP contribution < -0.4 is 0 Å². The molecule has 0 aromatic carbocycles. The summed E-state index contributed by atoms with van der Waals surface area (Å²) in [5.74, 6) is 0.494. The monoisotopic (exact) mass is 224 g/mol. The molecule has 0 saturated heterocycles. The fourth-order valence-electron chi connectivity index (χ4n) is 1.44. The van der Waals surface area contributed by atoms with Crippen LogP contribution in [0.5, 0.6) is 0 Å². The van der Waals surface area contributed by atoms with Crippen molar-refractivity contribution in [2.45, 2.75) is 26.8 Å². The molecule has 15 heavy (non-hydrogen) atoms. The van der Waals surface area contributed by atoms with E-state index < -0.39 is 0 Å². The highest BCUT2D eigenvalue weighted by Crippen LogP contribution is 2.18. The molecule has 1 N–H and O–H groups in total. The van der Waals surface area contributed by atoms with Crippen molar-refractivity contribution in [1.29, 1.82) is 0 Å². The number of hydrogen-bond acceptors (Lipinski definition) is 4. The third kappa shape index (κ3) is 1.99. The number of H-pyrrole nitrogens is 1. The Hall–Kier alpha value is -1.43. The minimum Gasteiger partial charge on any atom is -0.408 e. The van der Waals surface area contributed by atoms with E-state index in [1.807, 2.05) is 17.7 Å². The minimum absolute atomic E-state index is 0.284. The first-order chi connectivity index (χ1) is 7.20. The van der Waals surface area contributed by atoms with Crippen LogP contribution in [0.15, 0.2) is 10.5 Å². The second kappa shape index (κ2) is 3.98. The second-order valence-corrected chi connectivity index (χ2v) is 3.68. The Morgan fingerprint density at radius 1 is 1.60 bits per heavy atom. The van der Waals surface area contributed by atoms with E-state index in [0.717, 1.165) is 24.4 Å². The van der Waals surface area contributed by atoms with Crippen molar-refractivity contribution in [2.75, 3.05) is 0 Å². The van der Waals surface area contributed by atoms with Crippen molar-refractivity contribution in [3.05, 3.63) is 16.6 Å². The molecule has 2 aromatic heterocycles. The third-order valence-electron chi connectivity index (χ3n) is 1.99. The summed E-state index contributed by atoms with van der Waals surface area (Å²) in [5, 5.41) is 10.9. The van der Waals surface area contributed by atoms with E-state index in [4.69, 9.17) is 16.6 Å². The molecule has 6 heteroatoms. The molecule has 0 unspecified atom stereocenters. The first-order valence-electron chi connectivity index (χ1n) is 4.81. The highest BCUT2D eigenvalue weighted by Gasteiger charge is 2.11. The van der Waals surface area contributed by atoms with E-state index in [1.54, 1.807) is 0 Å². The molecule has 0 amide bonds. The molecule has 0 bridgehead atoms. The Morgan fingerprint density at radius 3 is 3.00 bits per heavy atom. The summed E-state index contributed by atoms with van der Waals surface area (Å²) in [7, 11) is 0. The average Bonchev–Trinajstić information content (AvgIpc) is 2.73. The molecular weight excluding hydrogens is 212 g/mol. The number of nitrogens with zero attached hydrogens (tertiary/aromatic N) is 3. The smallest absolute Gasteiger partial charge is 0.284 e. The summed E-state index contributed by atoms with van der Waals surface area (Å²) in [6, 6.07) is 1.93. The fraction of sp³-hybridized carbons (Fsp3) is 0.444. The average molecular weight is 224 g/mol. The zero-order valence-electron chi connectivity index (χ0n) is 8.65. The van der Waals surface area contributed by atoms with Crippen molar-refractivity contribution in [3.8, 4) is 11.6 Å². The Morgan fingerprint density at radius 2 is 2.40 bits per heavy atom. The minimum atomic E-state index is 0.284. The van der Waals surface area contributed by atoms with Crippen LogP contribution in [0.25, 0.3) is 11.6 Å². The lowest BCUT2D eigenvalue weighted by atomic mass is 10.3. The second-order valence-electron chi connectivity index (χ2n) is 3.31. The molecule has 0 aliphatic carbocycles. The van der Waals surface area contributed by atoms with E-state index in [-0.39, 0.29) is 4.84 Å². The van der Waals surface area contributed by atoms with Gasteiger partial charge in [0.1, 0.15) is 5.69 Å². The zero-order valence-corrected chi connectivity index (χ0v) is 9.47. The number of nitrogens with one attached hydrogen (secondary N) is 1. The molecule has 0 atom stereocenters. The predicted octanol–water partition coefficient (Wildman–Crippen LogP) is 2.31. The molecule has 5 nitrogen and oxygen atoms in total. The number of aromatic amines is 1. The normalized spacial score (nSPS) is 10.8. The van der Waals surface area contributed by atoms with Crippen molar-refractivity contribution in [3.63, 3.8) is 0 Å². The van der Waals surface area contributed by atoms with Gasteiger partial charge >= 0.3 is 0 Å². The van der Waals surface area contributed by atoms with Gasteiger partial charge in [0.05, 0.1) is 5.69 Å². The van der Waals surface area contributed by atoms with Gasteiger partial charge in [-0.15, -0.1) is 5.10 Å². The molecule has 2 aromatic rings. The molecule has 0 radical (unpaired) electrons. The first kappa shape index (κ1) is 10.1. The largest absolute Gasteiger partial charge is 0.408 e. The lowest BCUT2D eigenvalue weighted by molar-refractivity contribution is 0.532. The van der Waals surface area contributed by atoms with Gasteiger partial charge in [-0.25, -0.2) is 5.10 Å². The number of rotatable bonds is 3. The van der Waals surface area contributed by atoms with E-state index in [9.17, 15) is 0 Å².